The van der Waals surface area contributed by atoms with Gasteiger partial charge in [-0.05, 0) is 37.3 Å². The number of carbonyl (C=O) groups excluding carboxylic acids is 2. The van der Waals surface area contributed by atoms with E-state index in [1.807, 2.05) is 0 Å². The Kier molecular flexibility index (Phi) is 5.72. The number of carbonyl (C=O) groups is 2. The quantitative estimate of drug-likeness (QED) is 0.731. The van der Waals surface area contributed by atoms with Gasteiger partial charge in [-0.2, -0.15) is 0 Å². The molecular weight excluding hydrogens is 290 g/mol. The number of anilines is 1. The molecule has 0 bridgehead atoms. The van der Waals surface area contributed by atoms with E-state index in [-0.39, 0.29) is 25.1 Å². The highest BCUT2D eigenvalue weighted by molar-refractivity contribution is 7.14. The Bertz CT molecular complexity index is 501. The first-order chi connectivity index (χ1) is 10.1. The topological polar surface area (TPSA) is 95.7 Å². The number of likely N-dealkylation sites (tertiary alicyclic amines) is 1. The second kappa shape index (κ2) is 7.53. The molecule has 0 saturated carbocycles. The number of hydrogen-bond acceptors (Lipinski definition) is 5. The normalized spacial score (nSPS) is 19.4. The molecule has 1 aliphatic heterocycles. The second-order valence-corrected chi connectivity index (χ2v) is 6.12. The molecule has 116 valence electrons. The highest BCUT2D eigenvalue weighted by Gasteiger charge is 2.24. The molecule has 1 aliphatic rings. The summed E-state index contributed by atoms with van der Waals surface area (Å²) in [6.07, 6.45) is 3.92. The minimum atomic E-state index is -0.539. The molecular formula is C14H21N3O3S. The lowest BCUT2D eigenvalue weighted by atomic mass is 10.00. The Hall–Kier alpha value is -1.44. The van der Waals surface area contributed by atoms with E-state index >= 15 is 0 Å². The Morgan fingerprint density at radius 2 is 2.29 bits per heavy atom. The summed E-state index contributed by atoms with van der Waals surface area (Å²) in [5.41, 5.74) is 5.61. The van der Waals surface area contributed by atoms with Crippen LogP contribution in [0, 0.1) is 0 Å². The smallest absolute Gasteiger partial charge is 0.251 e. The summed E-state index contributed by atoms with van der Waals surface area (Å²) in [4.78, 5) is 25.5. The van der Waals surface area contributed by atoms with Gasteiger partial charge in [0, 0.05) is 12.6 Å². The van der Waals surface area contributed by atoms with Gasteiger partial charge in [0.25, 0.3) is 5.91 Å². The number of aliphatic hydroxyl groups is 1. The zero-order valence-electron chi connectivity index (χ0n) is 11.9. The van der Waals surface area contributed by atoms with Gasteiger partial charge in [-0.1, -0.05) is 6.42 Å². The van der Waals surface area contributed by atoms with Crippen molar-refractivity contribution >= 4 is 28.2 Å². The minimum Gasteiger partial charge on any atom is -0.396 e. The fourth-order valence-electron chi connectivity index (χ4n) is 2.69. The molecule has 1 atom stereocenters. The van der Waals surface area contributed by atoms with Crippen LogP contribution in [0.15, 0.2) is 11.4 Å². The van der Waals surface area contributed by atoms with Crippen LogP contribution < -0.4 is 11.1 Å². The maximum absolute atomic E-state index is 12.1. The summed E-state index contributed by atoms with van der Waals surface area (Å²) in [6.45, 7) is 1.28. The number of hydrogen-bond donors (Lipinski definition) is 3. The summed E-state index contributed by atoms with van der Waals surface area (Å²) >= 11 is 1.29. The molecule has 0 aromatic carbocycles. The number of nitrogens with two attached hydrogens (primary N) is 1. The molecule has 0 radical (unpaired) electrons. The lowest BCUT2D eigenvalue weighted by molar-refractivity contribution is -0.118. The van der Waals surface area contributed by atoms with Gasteiger partial charge in [0.05, 0.1) is 12.1 Å². The number of primary amides is 1. The van der Waals surface area contributed by atoms with Crippen molar-refractivity contribution in [1.29, 1.82) is 0 Å². The maximum atomic E-state index is 12.1. The molecule has 4 N–H and O–H groups in total. The number of nitrogens with zero attached hydrogens (tertiary/aromatic N) is 1. The summed E-state index contributed by atoms with van der Waals surface area (Å²) in [6, 6.07) is 1.87. The van der Waals surface area contributed by atoms with E-state index in [1.54, 1.807) is 11.4 Å². The minimum absolute atomic E-state index is 0.138. The lowest BCUT2D eigenvalue weighted by Gasteiger charge is -2.34. The predicted molar refractivity (Wildman–Crippen MR) is 82.4 cm³/mol. The summed E-state index contributed by atoms with van der Waals surface area (Å²) in [7, 11) is 0. The van der Waals surface area contributed by atoms with Crippen LogP contribution in [-0.2, 0) is 4.79 Å². The number of thiophene rings is 1. The third-order valence-corrected chi connectivity index (χ3v) is 4.57. The third kappa shape index (κ3) is 4.26. The van der Waals surface area contributed by atoms with E-state index in [0.29, 0.717) is 17.0 Å². The summed E-state index contributed by atoms with van der Waals surface area (Å²) in [5.74, 6) is -0.688. The first kappa shape index (κ1) is 15.9. The molecule has 1 unspecified atom stereocenters. The fraction of sp³-hybridized carbons (Fsp3) is 0.571. The molecule has 7 heteroatoms. The predicted octanol–water partition coefficient (Wildman–Crippen LogP) is 1.02. The maximum Gasteiger partial charge on any atom is 0.251 e. The lowest BCUT2D eigenvalue weighted by Crippen LogP contribution is -2.44. The van der Waals surface area contributed by atoms with Crippen LogP contribution in [0.5, 0.6) is 0 Å². The second-order valence-electron chi connectivity index (χ2n) is 5.21. The van der Waals surface area contributed by atoms with E-state index in [1.165, 1.54) is 11.3 Å². The molecule has 1 aromatic heterocycles. The molecule has 0 aliphatic carbocycles. The molecule has 1 aromatic rings. The van der Waals surface area contributed by atoms with Crippen molar-refractivity contribution in [3.63, 3.8) is 0 Å². The molecule has 6 nitrogen and oxygen atoms in total. The average molecular weight is 311 g/mol. The van der Waals surface area contributed by atoms with Gasteiger partial charge in [0.15, 0.2) is 0 Å². The fourth-order valence-corrected chi connectivity index (χ4v) is 3.50. The van der Waals surface area contributed by atoms with Crippen LogP contribution in [0.25, 0.3) is 0 Å². The van der Waals surface area contributed by atoms with Crippen molar-refractivity contribution in [3.8, 4) is 0 Å². The Morgan fingerprint density at radius 1 is 1.48 bits per heavy atom. The van der Waals surface area contributed by atoms with Crippen molar-refractivity contribution < 1.29 is 14.7 Å². The molecule has 1 fully saturated rings. The molecule has 2 amide bonds. The first-order valence-electron chi connectivity index (χ1n) is 7.14. The van der Waals surface area contributed by atoms with E-state index < -0.39 is 5.91 Å². The molecule has 0 spiro atoms. The van der Waals surface area contributed by atoms with Crippen molar-refractivity contribution in [3.05, 3.63) is 17.0 Å². The third-order valence-electron chi connectivity index (χ3n) is 3.74. The van der Waals surface area contributed by atoms with Crippen molar-refractivity contribution in [2.24, 2.45) is 5.73 Å². The van der Waals surface area contributed by atoms with Gasteiger partial charge in [-0.15, -0.1) is 11.3 Å². The highest BCUT2D eigenvalue weighted by Crippen LogP contribution is 2.23. The van der Waals surface area contributed by atoms with Crippen molar-refractivity contribution in [2.75, 3.05) is 25.0 Å². The molecule has 21 heavy (non-hydrogen) atoms. The Balaban J connectivity index is 1.94. The number of aliphatic hydroxyl groups excluding tert-OH is 1. The van der Waals surface area contributed by atoms with Crippen LogP contribution in [0.1, 0.15) is 36.0 Å². The SMILES string of the molecule is NC(=O)c1ccsc1NC(=O)CN1CCCCC1CCO. The summed E-state index contributed by atoms with van der Waals surface area (Å²) in [5, 5.41) is 14.1. The monoisotopic (exact) mass is 311 g/mol. The Labute approximate surface area is 127 Å². The number of nitrogens with one attached hydrogen (secondary N) is 1. The van der Waals surface area contributed by atoms with Gasteiger partial charge in [0.1, 0.15) is 5.00 Å². The van der Waals surface area contributed by atoms with Gasteiger partial charge in [-0.25, -0.2) is 0 Å². The van der Waals surface area contributed by atoms with Crippen molar-refractivity contribution in [1.82, 2.24) is 4.90 Å². The number of piperidine rings is 1. The van der Waals surface area contributed by atoms with Gasteiger partial charge < -0.3 is 16.2 Å². The van der Waals surface area contributed by atoms with E-state index in [4.69, 9.17) is 10.8 Å². The van der Waals surface area contributed by atoms with E-state index in [9.17, 15) is 9.59 Å². The first-order valence-corrected chi connectivity index (χ1v) is 8.02. The average Bonchev–Trinajstić information content (AvgIpc) is 2.89. The van der Waals surface area contributed by atoms with Gasteiger partial charge in [-0.3, -0.25) is 14.5 Å². The van der Waals surface area contributed by atoms with Crippen LogP contribution >= 0.6 is 11.3 Å². The van der Waals surface area contributed by atoms with Gasteiger partial charge in [0.2, 0.25) is 5.91 Å². The number of rotatable bonds is 6. The zero-order valence-corrected chi connectivity index (χ0v) is 12.7. The van der Waals surface area contributed by atoms with Gasteiger partial charge >= 0.3 is 0 Å². The van der Waals surface area contributed by atoms with Crippen LogP contribution in [0.3, 0.4) is 0 Å². The molecule has 1 saturated heterocycles. The molecule has 2 rings (SSSR count). The van der Waals surface area contributed by atoms with E-state index in [2.05, 4.69) is 10.2 Å². The van der Waals surface area contributed by atoms with Crippen molar-refractivity contribution in [2.45, 2.75) is 31.7 Å². The van der Waals surface area contributed by atoms with E-state index in [0.717, 1.165) is 25.8 Å². The molecule has 2 heterocycles. The largest absolute Gasteiger partial charge is 0.396 e. The van der Waals surface area contributed by atoms with Crippen LogP contribution in [0.4, 0.5) is 5.00 Å². The summed E-state index contributed by atoms with van der Waals surface area (Å²) < 4.78 is 0. The number of amides is 2. The highest BCUT2D eigenvalue weighted by atomic mass is 32.1. The van der Waals surface area contributed by atoms with Crippen LogP contribution in [0.2, 0.25) is 0 Å². The zero-order chi connectivity index (χ0) is 15.2. The Morgan fingerprint density at radius 3 is 3.00 bits per heavy atom. The standard InChI is InChI=1S/C14H21N3O3S/c15-13(20)11-5-8-21-14(11)16-12(19)9-17-6-2-1-3-10(17)4-7-18/h5,8,10,18H,1-4,6-7,9H2,(H2,15,20)(H,16,19). The van der Waals surface area contributed by atoms with Crippen LogP contribution in [-0.4, -0.2) is 47.6 Å².